The van der Waals surface area contributed by atoms with E-state index in [0.717, 1.165) is 83.8 Å². The highest BCUT2D eigenvalue weighted by atomic mass is 19.1. The van der Waals surface area contributed by atoms with Gasteiger partial charge in [0, 0.05) is 42.6 Å². The van der Waals surface area contributed by atoms with Crippen molar-refractivity contribution in [3.05, 3.63) is 192 Å². The van der Waals surface area contributed by atoms with E-state index in [2.05, 4.69) is 125 Å². The molecule has 7 aromatic carbocycles. The number of aromatic nitrogens is 2. The van der Waals surface area contributed by atoms with Crippen LogP contribution >= 0.6 is 0 Å². The molecule has 0 amide bonds. The van der Waals surface area contributed by atoms with Crippen LogP contribution in [0, 0.1) is 11.6 Å². The number of rotatable bonds is 8. The largest absolute Gasteiger partial charge is 0.503 e. The quantitative estimate of drug-likeness (QED) is 0.143. The molecule has 0 unspecified atom stereocenters. The van der Waals surface area contributed by atoms with Crippen molar-refractivity contribution in [1.82, 2.24) is 18.7 Å². The maximum atomic E-state index is 14.5. The van der Waals surface area contributed by atoms with E-state index in [9.17, 15) is 10.2 Å². The van der Waals surface area contributed by atoms with Crippen molar-refractivity contribution in [1.29, 1.82) is 0 Å². The summed E-state index contributed by atoms with van der Waals surface area (Å²) >= 11 is 0. The van der Waals surface area contributed by atoms with Crippen LogP contribution in [0.15, 0.2) is 164 Å². The summed E-state index contributed by atoms with van der Waals surface area (Å²) in [6, 6.07) is 54.0. The number of ether oxygens (including phenoxy) is 1. The lowest BCUT2D eigenvalue weighted by atomic mass is 9.82. The summed E-state index contributed by atoms with van der Waals surface area (Å²) in [5.41, 5.74) is 11.4. The Labute approximate surface area is 386 Å². The van der Waals surface area contributed by atoms with Crippen molar-refractivity contribution in [2.45, 2.75) is 72.1 Å². The Bertz CT molecular complexity index is 3420. The first-order chi connectivity index (χ1) is 31.9. The molecule has 10 rings (SSSR count). The van der Waals surface area contributed by atoms with Crippen molar-refractivity contribution < 1.29 is 14.9 Å². The molecule has 326 valence electrons. The van der Waals surface area contributed by atoms with Crippen LogP contribution in [0.2, 0.25) is 0 Å². The summed E-state index contributed by atoms with van der Waals surface area (Å²) in [5, 5.41) is 2.20. The summed E-state index contributed by atoms with van der Waals surface area (Å²) in [6.07, 6.45) is 1.88. The van der Waals surface area contributed by atoms with E-state index < -0.39 is 5.89 Å². The van der Waals surface area contributed by atoms with Crippen molar-refractivity contribution in [3.8, 4) is 39.6 Å². The lowest BCUT2D eigenvalue weighted by molar-refractivity contribution is 0.482. The number of hydrogen-bond acceptors (Lipinski definition) is 2. The van der Waals surface area contributed by atoms with Crippen LogP contribution in [-0.2, 0) is 10.8 Å². The molecular formula is C59H52F2N4O+2. The van der Waals surface area contributed by atoms with Gasteiger partial charge in [-0.2, -0.15) is 0 Å². The van der Waals surface area contributed by atoms with Gasteiger partial charge < -0.3 is 4.74 Å². The van der Waals surface area contributed by atoms with E-state index in [4.69, 9.17) is 9.72 Å². The van der Waals surface area contributed by atoms with Gasteiger partial charge in [-0.25, -0.2) is 13.8 Å². The minimum Gasteiger partial charge on any atom is -0.457 e. The summed E-state index contributed by atoms with van der Waals surface area (Å²) in [4.78, 5) is 4.87. The van der Waals surface area contributed by atoms with Crippen LogP contribution in [0.3, 0.4) is 0 Å². The Kier molecular flexibility index (Phi) is 10.1. The van der Waals surface area contributed by atoms with E-state index in [0.29, 0.717) is 11.5 Å². The van der Waals surface area contributed by atoms with Gasteiger partial charge >= 0.3 is 6.01 Å². The number of benzene rings is 7. The highest BCUT2D eigenvalue weighted by molar-refractivity contribution is 6.09. The van der Waals surface area contributed by atoms with Crippen LogP contribution in [-0.4, -0.2) is 15.6 Å². The molecular weight excluding hydrogens is 819 g/mol. The predicted molar refractivity (Wildman–Crippen MR) is 268 cm³/mol. The molecule has 0 saturated heterocycles. The number of pyridine rings is 1. The number of fused-ring (bicyclic) bond motifs is 4. The zero-order valence-electron chi connectivity index (χ0n) is 39.5. The van der Waals surface area contributed by atoms with E-state index in [1.54, 1.807) is 24.3 Å². The first-order valence-electron chi connectivity index (χ1n) is 22.9. The minimum atomic E-state index is -0.985. The fraction of sp³-hybridized carbons (Fsp3) is 0.186. The van der Waals surface area contributed by atoms with E-state index >= 15 is 0 Å². The van der Waals surface area contributed by atoms with Gasteiger partial charge in [-0.1, -0.05) is 110 Å². The van der Waals surface area contributed by atoms with Gasteiger partial charge in [0.05, 0.1) is 28.2 Å². The van der Waals surface area contributed by atoms with Crippen molar-refractivity contribution in [2.24, 2.45) is 0 Å². The minimum absolute atomic E-state index is 0.0620. The molecule has 66 heavy (non-hydrogen) atoms. The molecule has 0 saturated carbocycles. The second-order valence-electron chi connectivity index (χ2n) is 19.4. The zero-order chi connectivity index (χ0) is 47.0. The van der Waals surface area contributed by atoms with Gasteiger partial charge in [0.2, 0.25) is 11.4 Å². The molecule has 0 atom stereocenters. The monoisotopic (exact) mass is 871 g/mol. The topological polar surface area (TPSA) is 33.1 Å². The van der Waals surface area contributed by atoms with Gasteiger partial charge in [0.25, 0.3) is 11.4 Å². The maximum absolute atomic E-state index is 14.5. The smallest absolute Gasteiger partial charge is 0.457 e. The average molecular weight is 872 g/mol. The van der Waals surface area contributed by atoms with Gasteiger partial charge in [-0.05, 0) is 126 Å². The SMILES string of the molecule is [2H]C(C)(C)c1cc(Oc2ccc3c4ccccc4n(-c4cc(C(C)(C)C)ccn4)c3c2)cc([N+]2=C=[N+](c3c(-c4ccc(F)cc4)cc(C(C)(C)C)cc3-c3ccc(F)cc3)c3ccccc32)c1. The first-order valence-corrected chi connectivity index (χ1v) is 22.4. The van der Waals surface area contributed by atoms with Crippen LogP contribution in [0.1, 0.15) is 79.3 Å². The summed E-state index contributed by atoms with van der Waals surface area (Å²) in [6.45, 7) is 16.9. The van der Waals surface area contributed by atoms with Crippen LogP contribution in [0.4, 0.5) is 31.5 Å². The highest BCUT2D eigenvalue weighted by Gasteiger charge is 2.40. The molecule has 0 spiro atoms. The lowest BCUT2D eigenvalue weighted by Crippen LogP contribution is -2.13. The lowest BCUT2D eigenvalue weighted by Gasteiger charge is -2.22. The molecule has 2 aromatic heterocycles. The molecule has 1 aliphatic heterocycles. The van der Waals surface area contributed by atoms with Crippen LogP contribution in [0.5, 0.6) is 11.5 Å². The summed E-state index contributed by atoms with van der Waals surface area (Å²) in [5.74, 6) is 0.394. The number of hydrogen-bond donors (Lipinski definition) is 0. The third-order valence-electron chi connectivity index (χ3n) is 12.5. The fourth-order valence-corrected chi connectivity index (χ4v) is 8.89. The second kappa shape index (κ2) is 16.2. The predicted octanol–water partition coefficient (Wildman–Crippen LogP) is 16.2. The Hall–Kier alpha value is -7.47. The van der Waals surface area contributed by atoms with Gasteiger partial charge in [0.1, 0.15) is 29.0 Å². The Morgan fingerprint density at radius 1 is 0.591 bits per heavy atom. The Balaban J connectivity index is 1.18. The Morgan fingerprint density at radius 2 is 1.18 bits per heavy atom. The van der Waals surface area contributed by atoms with E-state index in [1.165, 1.54) is 29.8 Å². The molecule has 7 heteroatoms. The standard InChI is InChI=1S/C59H52F2N4O/c1-37(2)40-29-45(34-47(30-40)66-46-25-26-49-48-13-9-10-14-52(48)65(55(49)35-46)56-33-41(27-28-62-56)58(3,4)5)63-36-64(54-16-12-11-15-53(54)63)57-50(38-17-21-43(60)22-18-38)31-42(59(6,7)8)32-51(57)39-19-23-44(61)24-20-39/h9-35,37H,1-8H3/q+2/i37D. The van der Waals surface area contributed by atoms with Gasteiger partial charge in [-0.3, -0.25) is 4.57 Å². The van der Waals surface area contributed by atoms with Crippen molar-refractivity contribution in [2.75, 3.05) is 0 Å². The highest BCUT2D eigenvalue weighted by Crippen LogP contribution is 2.47. The molecule has 0 fully saturated rings. The molecule has 0 radical (unpaired) electrons. The zero-order valence-corrected chi connectivity index (χ0v) is 38.5. The maximum Gasteiger partial charge on any atom is 0.503 e. The Morgan fingerprint density at radius 3 is 1.80 bits per heavy atom. The fourth-order valence-electron chi connectivity index (χ4n) is 8.89. The van der Waals surface area contributed by atoms with Crippen LogP contribution < -0.4 is 13.9 Å². The molecule has 3 heterocycles. The molecule has 0 bridgehead atoms. The molecule has 1 aliphatic rings. The summed E-state index contributed by atoms with van der Waals surface area (Å²) < 4.78 is 51.5. The number of nitrogens with zero attached hydrogens (tertiary/aromatic N) is 4. The van der Waals surface area contributed by atoms with Gasteiger partial charge in [0.15, 0.2) is 0 Å². The second-order valence-corrected chi connectivity index (χ2v) is 19.4. The third-order valence-corrected chi connectivity index (χ3v) is 12.5. The summed E-state index contributed by atoms with van der Waals surface area (Å²) in [7, 11) is 0. The van der Waals surface area contributed by atoms with E-state index in [1.807, 2.05) is 65.6 Å². The average Bonchev–Trinajstić information content (AvgIpc) is 3.84. The number of halogens is 2. The van der Waals surface area contributed by atoms with Crippen molar-refractivity contribution >= 4 is 50.6 Å². The van der Waals surface area contributed by atoms with Crippen molar-refractivity contribution in [3.63, 3.8) is 0 Å². The normalized spacial score (nSPS) is 13.2. The van der Waals surface area contributed by atoms with Gasteiger partial charge in [-0.15, -0.1) is 0 Å². The molecule has 9 aromatic rings. The first kappa shape index (κ1) is 41.2. The molecule has 0 aliphatic carbocycles. The van der Waals surface area contributed by atoms with Crippen LogP contribution in [0.25, 0.3) is 49.9 Å². The molecule has 5 nitrogen and oxygen atoms in total. The van der Waals surface area contributed by atoms with E-state index in [-0.39, 0.29) is 22.5 Å². The third kappa shape index (κ3) is 7.80. The molecule has 0 N–H and O–H groups in total. The number of para-hydroxylation sites is 3.